The van der Waals surface area contributed by atoms with Gasteiger partial charge in [-0.25, -0.2) is 15.0 Å². The summed E-state index contributed by atoms with van der Waals surface area (Å²) in [6.45, 7) is 25.6. The Bertz CT molecular complexity index is 1540. The predicted molar refractivity (Wildman–Crippen MR) is 225 cm³/mol. The van der Waals surface area contributed by atoms with Crippen LogP contribution in [0.3, 0.4) is 0 Å². The standard InChI is InChI=1S/C8H12NO.3C8H11N.C7H10N2.C6H9NS/c1-7(2)8-4-3-5-9(10)6-8;2*1-7(2)8-4-3-5-9-6-8;1-7(2)8-5-3-4-6-9-8;1-6(2)7-8-4-3-5-9-7;1-5(2)6-3-8-4-7-6/h3-7,10H,1-2H3;3*3-7H,1-2H3;3-6H,1-2H3;3-5H,1-2H3/q+1;;;;;. The Kier molecular flexibility index (Phi) is 24.2. The van der Waals surface area contributed by atoms with E-state index >= 15 is 0 Å². The van der Waals surface area contributed by atoms with Gasteiger partial charge in [0.25, 0.3) is 0 Å². The minimum atomic E-state index is 0.436. The SMILES string of the molecule is CC(C)c1ccc[n+](O)c1.CC(C)c1ccccn1.CC(C)c1cccnc1.CC(C)c1cccnc1.CC(C)c1cscn1.CC(C)c1ncccn1. The Morgan fingerprint density at radius 3 is 1.28 bits per heavy atom. The highest BCUT2D eigenvalue weighted by Crippen LogP contribution is 2.13. The van der Waals surface area contributed by atoms with Crippen LogP contribution in [-0.2, 0) is 0 Å². The molecule has 0 spiro atoms. The lowest BCUT2D eigenvalue weighted by molar-refractivity contribution is -0.905. The lowest BCUT2D eigenvalue weighted by Gasteiger charge is -2.00. The average molecular weight is 751 g/mol. The summed E-state index contributed by atoms with van der Waals surface area (Å²) in [7, 11) is 0. The van der Waals surface area contributed by atoms with Gasteiger partial charge in [-0.15, -0.1) is 11.3 Å². The molecule has 8 nitrogen and oxygen atoms in total. The number of pyridine rings is 4. The second-order valence-corrected chi connectivity index (χ2v) is 15.0. The first kappa shape index (κ1) is 47.1. The minimum absolute atomic E-state index is 0.436. The number of thiazole rings is 1. The van der Waals surface area contributed by atoms with Gasteiger partial charge in [-0.3, -0.25) is 20.2 Å². The second kappa shape index (κ2) is 27.7. The lowest BCUT2D eigenvalue weighted by atomic mass is 10.1. The van der Waals surface area contributed by atoms with E-state index in [-0.39, 0.29) is 0 Å². The third kappa shape index (κ3) is 21.6. The van der Waals surface area contributed by atoms with Crippen LogP contribution < -0.4 is 4.73 Å². The Balaban J connectivity index is 0.000000324. The quantitative estimate of drug-likeness (QED) is 0.134. The van der Waals surface area contributed by atoms with E-state index in [1.807, 2.05) is 72.6 Å². The van der Waals surface area contributed by atoms with Gasteiger partial charge in [0, 0.05) is 76.7 Å². The van der Waals surface area contributed by atoms with Crippen molar-refractivity contribution in [2.45, 2.75) is 119 Å². The average Bonchev–Trinajstić information content (AvgIpc) is 3.74. The number of nitrogens with zero attached hydrogens (tertiary/aromatic N) is 7. The monoisotopic (exact) mass is 750 g/mol. The van der Waals surface area contributed by atoms with Gasteiger partial charge in [0.05, 0.1) is 11.2 Å². The molecular weight excluding hydrogens is 687 g/mol. The van der Waals surface area contributed by atoms with Gasteiger partial charge in [-0.05, 0) is 77.1 Å². The molecule has 6 aromatic rings. The van der Waals surface area contributed by atoms with Gasteiger partial charge in [0.1, 0.15) is 5.82 Å². The van der Waals surface area contributed by atoms with Crippen LogP contribution in [0.15, 0.2) is 127 Å². The Hall–Kier alpha value is -4.89. The van der Waals surface area contributed by atoms with Crippen molar-refractivity contribution in [1.82, 2.24) is 29.9 Å². The van der Waals surface area contributed by atoms with Crippen molar-refractivity contribution in [1.29, 1.82) is 0 Å². The van der Waals surface area contributed by atoms with Crippen molar-refractivity contribution in [2.24, 2.45) is 0 Å². The highest BCUT2D eigenvalue weighted by atomic mass is 32.1. The third-order valence-electron chi connectivity index (χ3n) is 7.60. The molecule has 0 unspecified atom stereocenters. The molecule has 9 heteroatoms. The maximum Gasteiger partial charge on any atom is 0.225 e. The molecule has 0 aliphatic carbocycles. The fourth-order valence-corrected chi connectivity index (χ4v) is 4.81. The molecule has 0 fully saturated rings. The molecular formula is C45H64N7OS+. The molecule has 0 aromatic carbocycles. The van der Waals surface area contributed by atoms with Crippen LogP contribution in [-0.4, -0.2) is 35.1 Å². The van der Waals surface area contributed by atoms with Crippen LogP contribution in [0, 0.1) is 0 Å². The number of hydrogen-bond acceptors (Lipinski definition) is 8. The number of rotatable bonds is 6. The summed E-state index contributed by atoms with van der Waals surface area (Å²) in [5.74, 6) is 4.15. The first-order chi connectivity index (χ1) is 25.7. The van der Waals surface area contributed by atoms with Gasteiger partial charge in [-0.1, -0.05) is 101 Å². The molecule has 6 heterocycles. The van der Waals surface area contributed by atoms with Gasteiger partial charge in [0.15, 0.2) is 0 Å². The van der Waals surface area contributed by atoms with Crippen molar-refractivity contribution in [3.8, 4) is 0 Å². The highest BCUT2D eigenvalue weighted by Gasteiger charge is 2.03. The summed E-state index contributed by atoms with van der Waals surface area (Å²) in [4.78, 5) is 24.5. The van der Waals surface area contributed by atoms with E-state index < -0.39 is 0 Å². The summed E-state index contributed by atoms with van der Waals surface area (Å²) in [5.41, 5.74) is 7.99. The molecule has 0 saturated carbocycles. The summed E-state index contributed by atoms with van der Waals surface area (Å²) < 4.78 is 1.08. The largest absolute Gasteiger partial charge is 0.285 e. The molecule has 0 saturated heterocycles. The van der Waals surface area contributed by atoms with E-state index in [1.165, 1.54) is 16.8 Å². The van der Waals surface area contributed by atoms with E-state index in [4.69, 9.17) is 5.21 Å². The van der Waals surface area contributed by atoms with E-state index in [9.17, 15) is 0 Å². The van der Waals surface area contributed by atoms with Gasteiger partial charge in [0.2, 0.25) is 12.4 Å². The molecule has 1 N–H and O–H groups in total. The molecule has 0 amide bonds. The summed E-state index contributed by atoms with van der Waals surface area (Å²) in [5, 5.41) is 11.1. The van der Waals surface area contributed by atoms with E-state index in [1.54, 1.807) is 48.5 Å². The summed E-state index contributed by atoms with van der Waals surface area (Å²) >= 11 is 1.66. The van der Waals surface area contributed by atoms with Crippen molar-refractivity contribution < 1.29 is 9.94 Å². The molecule has 0 aliphatic heterocycles. The van der Waals surface area contributed by atoms with Gasteiger partial charge in [-0.2, -0.15) is 0 Å². The Labute approximate surface area is 329 Å². The van der Waals surface area contributed by atoms with Crippen LogP contribution in [0.4, 0.5) is 0 Å². The molecule has 0 aliphatic rings. The zero-order valence-electron chi connectivity index (χ0n) is 34.6. The zero-order chi connectivity index (χ0) is 40.3. The molecule has 0 atom stereocenters. The van der Waals surface area contributed by atoms with E-state index in [0.29, 0.717) is 35.5 Å². The number of aromatic nitrogens is 7. The summed E-state index contributed by atoms with van der Waals surface area (Å²) in [6.07, 6.45) is 16.1. The fourth-order valence-electron chi connectivity index (χ4n) is 4.09. The highest BCUT2D eigenvalue weighted by molar-refractivity contribution is 7.07. The molecule has 290 valence electrons. The van der Waals surface area contributed by atoms with Crippen LogP contribution in [0.25, 0.3) is 0 Å². The topological polar surface area (TPSA) is 101 Å². The van der Waals surface area contributed by atoms with Crippen molar-refractivity contribution in [2.75, 3.05) is 0 Å². The normalized spacial score (nSPS) is 10.2. The van der Waals surface area contributed by atoms with Gasteiger partial charge >= 0.3 is 0 Å². The number of hydrogen-bond donors (Lipinski definition) is 1. The summed E-state index contributed by atoms with van der Waals surface area (Å²) in [6, 6.07) is 19.8. The molecule has 6 rings (SSSR count). The molecule has 6 aromatic heterocycles. The lowest BCUT2D eigenvalue weighted by Crippen LogP contribution is -2.28. The molecule has 0 radical (unpaired) electrons. The van der Waals surface area contributed by atoms with Crippen LogP contribution in [0.2, 0.25) is 0 Å². The second-order valence-electron chi connectivity index (χ2n) is 14.3. The third-order valence-corrected chi connectivity index (χ3v) is 8.21. The van der Waals surface area contributed by atoms with Crippen molar-refractivity contribution in [3.63, 3.8) is 0 Å². The van der Waals surface area contributed by atoms with Crippen LogP contribution in [0.1, 0.15) is 152 Å². The zero-order valence-corrected chi connectivity index (χ0v) is 35.4. The van der Waals surface area contributed by atoms with Gasteiger partial charge < -0.3 is 0 Å². The Morgan fingerprint density at radius 1 is 0.481 bits per heavy atom. The first-order valence-electron chi connectivity index (χ1n) is 18.8. The maximum absolute atomic E-state index is 8.98. The van der Waals surface area contributed by atoms with Crippen LogP contribution in [0.5, 0.6) is 0 Å². The first-order valence-corrected chi connectivity index (χ1v) is 19.7. The van der Waals surface area contributed by atoms with Crippen LogP contribution >= 0.6 is 11.3 Å². The molecule has 54 heavy (non-hydrogen) atoms. The molecule has 0 bridgehead atoms. The Morgan fingerprint density at radius 2 is 1.00 bits per heavy atom. The maximum atomic E-state index is 8.98. The smallest absolute Gasteiger partial charge is 0.225 e. The predicted octanol–water partition coefficient (Wildman–Crippen LogP) is 11.8. The van der Waals surface area contributed by atoms with Crippen molar-refractivity contribution >= 4 is 11.3 Å². The fraction of sp³-hybridized carbons (Fsp3) is 0.400. The van der Waals surface area contributed by atoms with E-state index in [2.05, 4.69) is 131 Å². The van der Waals surface area contributed by atoms with E-state index in [0.717, 1.165) is 21.8 Å². The minimum Gasteiger partial charge on any atom is -0.285 e. The van der Waals surface area contributed by atoms with Crippen molar-refractivity contribution in [3.05, 3.63) is 161 Å².